The number of esters is 1. The van der Waals surface area contributed by atoms with Gasteiger partial charge in [-0.05, 0) is 5.56 Å². The molecule has 0 bridgehead atoms. The van der Waals surface area contributed by atoms with E-state index >= 15 is 0 Å². The molecule has 1 heterocycles. The number of hydrogen-bond acceptors (Lipinski definition) is 4. The first-order valence-electron chi connectivity index (χ1n) is 7.33. The van der Waals surface area contributed by atoms with Crippen LogP contribution < -0.4 is 0 Å². The smallest absolute Gasteiger partial charge is 0.342 e. The fraction of sp³-hybridized carbons (Fsp3) is 0.211. The predicted octanol–water partition coefficient (Wildman–Crippen LogP) is 3.58. The first kappa shape index (κ1) is 15.3. The van der Waals surface area contributed by atoms with Gasteiger partial charge < -0.3 is 14.2 Å². The number of carbonyl (C=O) groups excluding carboxylic acids is 1. The van der Waals surface area contributed by atoms with Gasteiger partial charge in [0.25, 0.3) is 0 Å². The van der Waals surface area contributed by atoms with Crippen LogP contribution in [0.3, 0.4) is 0 Å². The van der Waals surface area contributed by atoms with E-state index in [0.717, 1.165) is 16.7 Å². The first-order chi connectivity index (χ1) is 11.1. The standard InChI is InChI=1S/C19H18O4/c1-19(22-3)15-12-8-7-11-14(15)17(23-19)16(18(20)21-2)13-9-5-4-6-10-13/h4-12H,1-3H3/b17-16-. The fourth-order valence-electron chi connectivity index (χ4n) is 2.77. The van der Waals surface area contributed by atoms with E-state index in [1.54, 1.807) is 7.11 Å². The van der Waals surface area contributed by atoms with E-state index in [-0.39, 0.29) is 0 Å². The maximum Gasteiger partial charge on any atom is 0.342 e. The highest BCUT2D eigenvalue weighted by Crippen LogP contribution is 2.46. The zero-order valence-electron chi connectivity index (χ0n) is 13.3. The van der Waals surface area contributed by atoms with E-state index in [4.69, 9.17) is 14.2 Å². The summed E-state index contributed by atoms with van der Waals surface area (Å²) in [6, 6.07) is 17.0. The average molecular weight is 310 g/mol. The van der Waals surface area contributed by atoms with Crippen molar-refractivity contribution in [1.29, 1.82) is 0 Å². The molecule has 0 spiro atoms. The largest absolute Gasteiger partial charge is 0.465 e. The third-order valence-electron chi connectivity index (χ3n) is 4.03. The lowest BCUT2D eigenvalue weighted by Gasteiger charge is -2.23. The molecule has 3 rings (SSSR count). The van der Waals surface area contributed by atoms with Crippen LogP contribution in [0.1, 0.15) is 23.6 Å². The van der Waals surface area contributed by atoms with Crippen LogP contribution in [0.15, 0.2) is 54.6 Å². The van der Waals surface area contributed by atoms with Crippen molar-refractivity contribution in [2.45, 2.75) is 12.7 Å². The Labute approximate surface area is 135 Å². The molecule has 0 aliphatic carbocycles. The molecule has 1 aliphatic rings. The van der Waals surface area contributed by atoms with E-state index in [9.17, 15) is 4.79 Å². The number of methoxy groups -OCH3 is 2. The highest BCUT2D eigenvalue weighted by atomic mass is 16.7. The van der Waals surface area contributed by atoms with Crippen LogP contribution in [0, 0.1) is 0 Å². The Balaban J connectivity index is 2.28. The van der Waals surface area contributed by atoms with Crippen LogP contribution in [0.5, 0.6) is 0 Å². The van der Waals surface area contributed by atoms with Crippen molar-refractivity contribution < 1.29 is 19.0 Å². The summed E-state index contributed by atoms with van der Waals surface area (Å²) in [5.41, 5.74) is 2.85. The molecule has 0 fully saturated rings. The van der Waals surface area contributed by atoms with Crippen molar-refractivity contribution in [3.8, 4) is 0 Å². The molecule has 0 saturated carbocycles. The Bertz CT molecular complexity index is 764. The van der Waals surface area contributed by atoms with Crippen LogP contribution >= 0.6 is 0 Å². The highest BCUT2D eigenvalue weighted by molar-refractivity contribution is 6.24. The summed E-state index contributed by atoms with van der Waals surface area (Å²) in [6.07, 6.45) is 0. The van der Waals surface area contributed by atoms with Crippen LogP contribution in [-0.4, -0.2) is 20.2 Å². The third kappa shape index (κ3) is 2.51. The van der Waals surface area contributed by atoms with Gasteiger partial charge in [-0.3, -0.25) is 0 Å². The summed E-state index contributed by atoms with van der Waals surface area (Å²) in [5.74, 6) is -0.899. The minimum Gasteiger partial charge on any atom is -0.465 e. The predicted molar refractivity (Wildman–Crippen MR) is 87.2 cm³/mol. The number of benzene rings is 2. The minimum atomic E-state index is -0.931. The first-order valence-corrected chi connectivity index (χ1v) is 7.33. The summed E-state index contributed by atoms with van der Waals surface area (Å²) < 4.78 is 16.6. The van der Waals surface area contributed by atoms with Crippen molar-refractivity contribution in [1.82, 2.24) is 0 Å². The Morgan fingerprint density at radius 1 is 1.00 bits per heavy atom. The molecule has 0 amide bonds. The number of carbonyl (C=O) groups is 1. The lowest BCUT2D eigenvalue weighted by molar-refractivity contribution is -0.165. The van der Waals surface area contributed by atoms with Crippen LogP contribution in [0.2, 0.25) is 0 Å². The number of fused-ring (bicyclic) bond motifs is 1. The molecule has 4 heteroatoms. The SMILES string of the molecule is COC(=O)/C(=C1\OC(C)(OC)c2ccccc21)c1ccccc1. The maximum absolute atomic E-state index is 12.4. The average Bonchev–Trinajstić information content (AvgIpc) is 2.90. The second-order valence-electron chi connectivity index (χ2n) is 5.36. The monoisotopic (exact) mass is 310 g/mol. The maximum atomic E-state index is 12.4. The second-order valence-corrected chi connectivity index (χ2v) is 5.36. The molecule has 1 unspecified atom stereocenters. The zero-order chi connectivity index (χ0) is 16.4. The molecule has 2 aromatic rings. The van der Waals surface area contributed by atoms with Gasteiger partial charge in [0.05, 0.1) is 7.11 Å². The number of rotatable bonds is 3. The normalized spacial score (nSPS) is 21.3. The van der Waals surface area contributed by atoms with E-state index in [0.29, 0.717) is 11.3 Å². The van der Waals surface area contributed by atoms with Crippen molar-refractivity contribution >= 4 is 17.3 Å². The quantitative estimate of drug-likeness (QED) is 0.642. The lowest BCUT2D eigenvalue weighted by Crippen LogP contribution is -2.22. The van der Waals surface area contributed by atoms with Crippen LogP contribution in [0.4, 0.5) is 0 Å². The summed E-state index contributed by atoms with van der Waals surface area (Å²) in [5, 5.41) is 0. The van der Waals surface area contributed by atoms with E-state index in [1.807, 2.05) is 61.5 Å². The molecule has 1 aliphatic heterocycles. The molecular weight excluding hydrogens is 292 g/mol. The third-order valence-corrected chi connectivity index (χ3v) is 4.03. The Morgan fingerprint density at radius 2 is 1.65 bits per heavy atom. The van der Waals surface area contributed by atoms with E-state index < -0.39 is 11.8 Å². The van der Waals surface area contributed by atoms with Gasteiger partial charge in [-0.1, -0.05) is 54.6 Å². The second kappa shape index (κ2) is 5.89. The van der Waals surface area contributed by atoms with Crippen molar-refractivity contribution in [2.75, 3.05) is 14.2 Å². The molecule has 0 radical (unpaired) electrons. The lowest BCUT2D eigenvalue weighted by atomic mass is 9.98. The minimum absolute atomic E-state index is 0.390. The zero-order valence-corrected chi connectivity index (χ0v) is 13.3. The summed E-state index contributed by atoms with van der Waals surface area (Å²) in [4.78, 5) is 12.4. The Kier molecular flexibility index (Phi) is 3.92. The van der Waals surface area contributed by atoms with Gasteiger partial charge in [-0.15, -0.1) is 0 Å². The van der Waals surface area contributed by atoms with Gasteiger partial charge in [-0.2, -0.15) is 0 Å². The Hall–Kier alpha value is -2.59. The Morgan fingerprint density at radius 3 is 2.30 bits per heavy atom. The van der Waals surface area contributed by atoms with Gasteiger partial charge in [-0.25, -0.2) is 4.79 Å². The number of ether oxygens (including phenoxy) is 3. The van der Waals surface area contributed by atoms with Crippen molar-refractivity contribution in [2.24, 2.45) is 0 Å². The van der Waals surface area contributed by atoms with Gasteiger partial charge in [0.15, 0.2) is 0 Å². The topological polar surface area (TPSA) is 44.8 Å². The molecule has 23 heavy (non-hydrogen) atoms. The summed E-state index contributed by atoms with van der Waals surface area (Å²) >= 11 is 0. The summed E-state index contributed by atoms with van der Waals surface area (Å²) in [6.45, 7) is 1.83. The number of hydrogen-bond donors (Lipinski definition) is 0. The van der Waals surface area contributed by atoms with Gasteiger partial charge in [0.2, 0.25) is 5.79 Å². The van der Waals surface area contributed by atoms with Crippen molar-refractivity contribution in [3.63, 3.8) is 0 Å². The molecule has 1 atom stereocenters. The van der Waals surface area contributed by atoms with Crippen LogP contribution in [-0.2, 0) is 24.8 Å². The van der Waals surface area contributed by atoms with Gasteiger partial charge in [0.1, 0.15) is 11.3 Å². The summed E-state index contributed by atoms with van der Waals surface area (Å²) in [7, 11) is 2.95. The molecular formula is C19H18O4. The molecule has 4 nitrogen and oxygen atoms in total. The molecule has 0 N–H and O–H groups in total. The molecule has 0 aromatic heterocycles. The van der Waals surface area contributed by atoms with E-state index in [1.165, 1.54) is 7.11 Å². The molecule has 2 aromatic carbocycles. The van der Waals surface area contributed by atoms with Gasteiger partial charge in [0, 0.05) is 25.2 Å². The molecule has 118 valence electrons. The van der Waals surface area contributed by atoms with Crippen LogP contribution in [0.25, 0.3) is 11.3 Å². The van der Waals surface area contributed by atoms with Gasteiger partial charge >= 0.3 is 5.97 Å². The van der Waals surface area contributed by atoms with Crippen molar-refractivity contribution in [3.05, 3.63) is 71.3 Å². The fourth-order valence-corrected chi connectivity index (χ4v) is 2.77. The molecule has 0 saturated heterocycles. The highest BCUT2D eigenvalue weighted by Gasteiger charge is 2.42. The van der Waals surface area contributed by atoms with E-state index in [2.05, 4.69) is 0 Å².